The van der Waals surface area contributed by atoms with Crippen molar-refractivity contribution in [3.05, 3.63) is 106 Å². The first-order valence-corrected chi connectivity index (χ1v) is 13.2. The van der Waals surface area contributed by atoms with E-state index in [1.807, 2.05) is 0 Å². The standard InChI is InChI=1S/C29H18ClF6N5O2/c30-21-6-2-1-5-20(21)22-26(43-27(38-22)16-7-8-16)25(42)23-24(17-4-3-9-37-13-17)41(40-39-23)14-15-10-18(28(31,32)33)12-19(11-15)29(34,35)36/h1-6,9-13,16H,7-8,14H2. The van der Waals surface area contributed by atoms with E-state index in [4.69, 9.17) is 16.0 Å². The molecule has 0 bridgehead atoms. The van der Waals surface area contributed by atoms with Gasteiger partial charge in [-0.2, -0.15) is 26.3 Å². The zero-order valence-electron chi connectivity index (χ0n) is 21.7. The van der Waals surface area contributed by atoms with Crippen molar-refractivity contribution in [3.63, 3.8) is 0 Å². The Morgan fingerprint density at radius 1 is 0.977 bits per heavy atom. The summed E-state index contributed by atoms with van der Waals surface area (Å²) in [6.45, 7) is -0.571. The highest BCUT2D eigenvalue weighted by Gasteiger charge is 2.38. The van der Waals surface area contributed by atoms with Gasteiger partial charge in [-0.1, -0.05) is 35.0 Å². The first-order valence-electron chi connectivity index (χ1n) is 12.8. The van der Waals surface area contributed by atoms with E-state index in [2.05, 4.69) is 20.3 Å². The van der Waals surface area contributed by atoms with Crippen molar-refractivity contribution < 1.29 is 35.6 Å². The van der Waals surface area contributed by atoms with Crippen molar-refractivity contribution in [2.24, 2.45) is 0 Å². The van der Waals surface area contributed by atoms with Crippen molar-refractivity contribution in [1.82, 2.24) is 25.0 Å². The molecule has 0 radical (unpaired) electrons. The number of benzene rings is 2. The number of carbonyl (C=O) groups is 1. The van der Waals surface area contributed by atoms with Gasteiger partial charge in [-0.25, -0.2) is 9.67 Å². The molecule has 43 heavy (non-hydrogen) atoms. The lowest BCUT2D eigenvalue weighted by atomic mass is 10.0. The third-order valence-electron chi connectivity index (χ3n) is 6.77. The lowest BCUT2D eigenvalue weighted by molar-refractivity contribution is -0.143. The first kappa shape index (κ1) is 28.6. The van der Waals surface area contributed by atoms with Crippen molar-refractivity contribution in [1.29, 1.82) is 0 Å². The van der Waals surface area contributed by atoms with Crippen LogP contribution in [0.15, 0.2) is 71.4 Å². The summed E-state index contributed by atoms with van der Waals surface area (Å²) in [6, 6.07) is 11.0. The third kappa shape index (κ3) is 5.76. The number of nitrogens with zero attached hydrogens (tertiary/aromatic N) is 5. The highest BCUT2D eigenvalue weighted by molar-refractivity contribution is 6.33. The molecule has 1 aliphatic carbocycles. The van der Waals surface area contributed by atoms with Gasteiger partial charge in [0.2, 0.25) is 5.76 Å². The third-order valence-corrected chi connectivity index (χ3v) is 7.10. The number of halogens is 7. The van der Waals surface area contributed by atoms with Crippen molar-refractivity contribution in [2.45, 2.75) is 37.7 Å². The summed E-state index contributed by atoms with van der Waals surface area (Å²) >= 11 is 6.40. The Kier molecular flexibility index (Phi) is 7.07. The van der Waals surface area contributed by atoms with Crippen LogP contribution < -0.4 is 0 Å². The van der Waals surface area contributed by atoms with Crippen LogP contribution in [0.4, 0.5) is 26.3 Å². The van der Waals surface area contributed by atoms with Gasteiger partial charge in [0.1, 0.15) is 11.4 Å². The number of ketones is 1. The van der Waals surface area contributed by atoms with Crippen molar-refractivity contribution in [3.8, 4) is 22.5 Å². The van der Waals surface area contributed by atoms with Crippen LogP contribution in [0.3, 0.4) is 0 Å². The number of alkyl halides is 6. The molecule has 1 saturated carbocycles. The van der Waals surface area contributed by atoms with Gasteiger partial charge >= 0.3 is 12.4 Å². The smallest absolute Gasteiger partial charge is 0.416 e. The largest absolute Gasteiger partial charge is 0.436 e. The van der Waals surface area contributed by atoms with Crippen LogP contribution in [0.25, 0.3) is 22.5 Å². The second-order valence-corrected chi connectivity index (χ2v) is 10.3. The van der Waals surface area contributed by atoms with E-state index >= 15 is 0 Å². The van der Waals surface area contributed by atoms with Gasteiger partial charge in [-0.15, -0.1) is 5.10 Å². The lowest BCUT2D eigenvalue weighted by Crippen LogP contribution is -2.13. The minimum atomic E-state index is -5.04. The molecule has 5 aromatic rings. The molecule has 3 aromatic heterocycles. The van der Waals surface area contributed by atoms with Gasteiger partial charge in [0.05, 0.1) is 22.7 Å². The number of rotatable bonds is 7. The fourth-order valence-corrected chi connectivity index (χ4v) is 4.81. The number of hydrogen-bond donors (Lipinski definition) is 0. The van der Waals surface area contributed by atoms with Gasteiger partial charge < -0.3 is 4.42 Å². The molecule has 14 heteroatoms. The highest BCUT2D eigenvalue weighted by Crippen LogP contribution is 2.43. The molecule has 3 heterocycles. The predicted octanol–water partition coefficient (Wildman–Crippen LogP) is 7.84. The number of carbonyl (C=O) groups excluding carboxylic acids is 1. The average molecular weight is 618 g/mol. The van der Waals surface area contributed by atoms with Crippen LogP contribution >= 0.6 is 11.6 Å². The Morgan fingerprint density at radius 2 is 1.67 bits per heavy atom. The summed E-state index contributed by atoms with van der Waals surface area (Å²) in [4.78, 5) is 22.6. The minimum absolute atomic E-state index is 0.0125. The van der Waals surface area contributed by atoms with Gasteiger partial charge in [-0.3, -0.25) is 9.78 Å². The fourth-order valence-electron chi connectivity index (χ4n) is 4.59. The van der Waals surface area contributed by atoms with Gasteiger partial charge in [-0.05, 0) is 54.8 Å². The van der Waals surface area contributed by atoms with Gasteiger partial charge in [0.15, 0.2) is 11.6 Å². The molecule has 0 N–H and O–H groups in total. The zero-order chi connectivity index (χ0) is 30.5. The average Bonchev–Trinajstić information content (AvgIpc) is 3.59. The maximum atomic E-state index is 14.0. The summed E-state index contributed by atoms with van der Waals surface area (Å²) in [6.07, 6.45) is -5.60. The molecule has 0 saturated heterocycles. The molecular weight excluding hydrogens is 600 g/mol. The molecule has 6 rings (SSSR count). The number of oxazole rings is 1. The van der Waals surface area contributed by atoms with Crippen molar-refractivity contribution in [2.75, 3.05) is 0 Å². The second-order valence-electron chi connectivity index (χ2n) is 9.91. The number of pyridine rings is 1. The molecule has 0 amide bonds. The van der Waals surface area contributed by atoms with Crippen LogP contribution in [-0.2, 0) is 18.9 Å². The van der Waals surface area contributed by atoms with Crippen LogP contribution in [0.2, 0.25) is 5.02 Å². The van der Waals surface area contributed by atoms with Crippen LogP contribution in [-0.4, -0.2) is 30.7 Å². The molecule has 0 unspecified atom stereocenters. The van der Waals surface area contributed by atoms with E-state index < -0.39 is 35.8 Å². The number of hydrogen-bond acceptors (Lipinski definition) is 6. The summed E-state index contributed by atoms with van der Waals surface area (Å²) < 4.78 is 88.0. The summed E-state index contributed by atoms with van der Waals surface area (Å²) in [5, 5.41) is 8.28. The van der Waals surface area contributed by atoms with Gasteiger partial charge in [0, 0.05) is 29.4 Å². The van der Waals surface area contributed by atoms with E-state index in [1.165, 1.54) is 12.4 Å². The predicted molar refractivity (Wildman–Crippen MR) is 141 cm³/mol. The second kappa shape index (κ2) is 10.6. The summed E-state index contributed by atoms with van der Waals surface area (Å²) in [5.74, 6) is -0.553. The Balaban J connectivity index is 1.48. The SMILES string of the molecule is O=C(c1nnn(Cc2cc(C(F)(F)F)cc(C(F)(F)F)c2)c1-c1cccnc1)c1oc(C2CC2)nc1-c1ccccc1Cl. The molecule has 220 valence electrons. The maximum Gasteiger partial charge on any atom is 0.416 e. The minimum Gasteiger partial charge on any atom is -0.436 e. The van der Waals surface area contributed by atoms with E-state index in [0.29, 0.717) is 34.2 Å². The maximum absolute atomic E-state index is 14.0. The topological polar surface area (TPSA) is 86.7 Å². The lowest BCUT2D eigenvalue weighted by Gasteiger charge is -2.15. The molecule has 0 aliphatic heterocycles. The fraction of sp³-hybridized carbons (Fsp3) is 0.207. The van der Waals surface area contributed by atoms with Crippen LogP contribution in [0, 0.1) is 0 Å². The summed E-state index contributed by atoms with van der Waals surface area (Å²) in [7, 11) is 0. The Labute approximate surface area is 244 Å². The molecule has 0 spiro atoms. The van der Waals surface area contributed by atoms with E-state index in [-0.39, 0.29) is 40.4 Å². The molecular formula is C29H18ClF6N5O2. The Morgan fingerprint density at radius 3 is 2.28 bits per heavy atom. The molecule has 0 atom stereocenters. The zero-order valence-corrected chi connectivity index (χ0v) is 22.5. The van der Waals surface area contributed by atoms with Crippen LogP contribution in [0.1, 0.15) is 57.6 Å². The summed E-state index contributed by atoms with van der Waals surface area (Å²) in [5.41, 5.74) is -2.66. The van der Waals surface area contributed by atoms with E-state index in [1.54, 1.807) is 36.4 Å². The first-order chi connectivity index (χ1) is 20.4. The van der Waals surface area contributed by atoms with E-state index in [0.717, 1.165) is 17.5 Å². The Bertz CT molecular complexity index is 1800. The van der Waals surface area contributed by atoms with Crippen LogP contribution in [0.5, 0.6) is 0 Å². The molecule has 2 aromatic carbocycles. The van der Waals surface area contributed by atoms with Gasteiger partial charge in [0.25, 0.3) is 5.78 Å². The number of aromatic nitrogens is 5. The molecule has 7 nitrogen and oxygen atoms in total. The van der Waals surface area contributed by atoms with E-state index in [9.17, 15) is 31.1 Å². The Hall–Kier alpha value is -4.52. The van der Waals surface area contributed by atoms with Crippen molar-refractivity contribution >= 4 is 17.4 Å². The highest BCUT2D eigenvalue weighted by atomic mass is 35.5. The quantitative estimate of drug-likeness (QED) is 0.137. The molecule has 1 aliphatic rings. The molecule has 1 fully saturated rings. The normalized spacial score (nSPS) is 13.8. The monoisotopic (exact) mass is 617 g/mol.